The number of amides is 2. The van der Waals surface area contributed by atoms with Gasteiger partial charge in [0.25, 0.3) is 0 Å². The van der Waals surface area contributed by atoms with Gasteiger partial charge in [0.05, 0.1) is 0 Å². The van der Waals surface area contributed by atoms with Gasteiger partial charge < -0.3 is 15.3 Å². The fourth-order valence-electron chi connectivity index (χ4n) is 5.71. The number of carboxylic acids is 1. The van der Waals surface area contributed by atoms with Gasteiger partial charge in [-0.1, -0.05) is 36.4 Å². The minimum Gasteiger partial charge on any atom is -0.480 e. The quantitative estimate of drug-likeness (QED) is 0.517. The van der Waals surface area contributed by atoms with E-state index in [0.717, 1.165) is 76.0 Å². The maximum atomic E-state index is 13.3. The zero-order chi connectivity index (χ0) is 23.5. The zero-order valence-electron chi connectivity index (χ0n) is 20.4. The molecule has 2 amide bonds. The average Bonchev–Trinajstić information content (AvgIpc) is 3.08. The first-order valence-electron chi connectivity index (χ1n) is 12.5. The molecule has 9 heteroatoms. The second kappa shape index (κ2) is 12.8. The van der Waals surface area contributed by atoms with E-state index in [0.29, 0.717) is 0 Å². The highest BCUT2D eigenvalue weighted by Gasteiger charge is 2.37. The summed E-state index contributed by atoms with van der Waals surface area (Å²) in [6.07, 6.45) is 5.59. The van der Waals surface area contributed by atoms with Crippen molar-refractivity contribution >= 4 is 42.5 Å². The van der Waals surface area contributed by atoms with Crippen LogP contribution in [0, 0.1) is 0 Å². The predicted octanol–water partition coefficient (Wildman–Crippen LogP) is 4.19. The van der Waals surface area contributed by atoms with Gasteiger partial charge in [0.1, 0.15) is 6.04 Å². The van der Waals surface area contributed by atoms with Crippen LogP contribution in [-0.4, -0.2) is 60.3 Å². The van der Waals surface area contributed by atoms with Crippen molar-refractivity contribution in [2.24, 2.45) is 0 Å². The highest BCUT2D eigenvalue weighted by molar-refractivity contribution is 5.94. The Morgan fingerprint density at radius 3 is 2.33 bits per heavy atom. The number of anilines is 1. The molecule has 0 spiro atoms. The van der Waals surface area contributed by atoms with Gasteiger partial charge in [-0.15, -0.1) is 24.8 Å². The van der Waals surface area contributed by atoms with Crippen LogP contribution in [0.25, 0.3) is 0 Å². The number of carboxylic acid groups (broad SMARTS) is 1. The second-order valence-electron chi connectivity index (χ2n) is 9.68. The number of nitrogens with one attached hydrogen (secondary N) is 2. The lowest BCUT2D eigenvalue weighted by Gasteiger charge is -2.35. The Hall–Kier alpha value is -2.32. The molecule has 2 heterocycles. The van der Waals surface area contributed by atoms with Gasteiger partial charge in [-0.3, -0.25) is 15.0 Å². The number of benzene rings is 2. The van der Waals surface area contributed by atoms with Crippen LogP contribution < -0.4 is 15.5 Å². The molecule has 1 atom stereocenters. The number of carbonyl (C=O) groups excluding carboxylic acids is 1. The minimum absolute atomic E-state index is 0. The van der Waals surface area contributed by atoms with E-state index in [-0.39, 0.29) is 42.9 Å². The summed E-state index contributed by atoms with van der Waals surface area (Å²) in [7, 11) is 0. The topological polar surface area (TPSA) is 84.9 Å². The largest absolute Gasteiger partial charge is 0.480 e. The number of urea groups is 1. The molecule has 196 valence electrons. The molecule has 2 aliphatic heterocycles. The van der Waals surface area contributed by atoms with Crippen LogP contribution in [0.2, 0.25) is 0 Å². The number of aliphatic carboxylic acids is 1. The molecule has 3 aliphatic rings. The summed E-state index contributed by atoms with van der Waals surface area (Å²) in [6.45, 7) is 3.48. The van der Waals surface area contributed by atoms with Gasteiger partial charge >= 0.3 is 12.0 Å². The van der Waals surface area contributed by atoms with Crippen molar-refractivity contribution < 1.29 is 14.7 Å². The molecule has 1 saturated heterocycles. The predicted molar refractivity (Wildman–Crippen MR) is 147 cm³/mol. The van der Waals surface area contributed by atoms with E-state index in [4.69, 9.17) is 0 Å². The molecule has 5 rings (SSSR count). The minimum atomic E-state index is -0.852. The summed E-state index contributed by atoms with van der Waals surface area (Å²) in [5.74, 6) is -0.852. The normalized spacial score (nSPS) is 22.6. The van der Waals surface area contributed by atoms with E-state index in [1.807, 2.05) is 40.1 Å². The Morgan fingerprint density at radius 2 is 1.64 bits per heavy atom. The van der Waals surface area contributed by atoms with Crippen molar-refractivity contribution in [3.8, 4) is 0 Å². The van der Waals surface area contributed by atoms with Crippen LogP contribution in [0.5, 0.6) is 0 Å². The summed E-state index contributed by atoms with van der Waals surface area (Å²) < 4.78 is 0. The maximum Gasteiger partial charge on any atom is 0.325 e. The lowest BCUT2D eigenvalue weighted by atomic mass is 9.89. The van der Waals surface area contributed by atoms with E-state index in [1.165, 1.54) is 11.1 Å². The summed E-state index contributed by atoms with van der Waals surface area (Å²) in [6, 6.07) is 15.6. The summed E-state index contributed by atoms with van der Waals surface area (Å²) >= 11 is 0. The first kappa shape index (κ1) is 28.3. The van der Waals surface area contributed by atoms with E-state index in [2.05, 4.69) is 28.8 Å². The SMILES string of the molecule is Cl.Cl.O=C(O)C(NC1CCC(N2CCN(c3ccc4c(c3)CCNCC4)C2=O)CC1)c1ccccc1. The highest BCUT2D eigenvalue weighted by atomic mass is 35.5. The second-order valence-corrected chi connectivity index (χ2v) is 9.68. The molecule has 0 aromatic heterocycles. The Kier molecular flexibility index (Phi) is 10.0. The van der Waals surface area contributed by atoms with Crippen molar-refractivity contribution in [1.82, 2.24) is 15.5 Å². The van der Waals surface area contributed by atoms with E-state index < -0.39 is 12.0 Å². The molecule has 1 saturated carbocycles. The fraction of sp³-hybridized carbons (Fsp3) is 0.481. The lowest BCUT2D eigenvalue weighted by Crippen LogP contribution is -2.45. The third-order valence-electron chi connectivity index (χ3n) is 7.60. The Labute approximate surface area is 225 Å². The zero-order valence-corrected chi connectivity index (χ0v) is 22.0. The third-order valence-corrected chi connectivity index (χ3v) is 7.60. The highest BCUT2D eigenvalue weighted by Crippen LogP contribution is 2.31. The van der Waals surface area contributed by atoms with Crippen LogP contribution in [0.3, 0.4) is 0 Å². The molecule has 2 aromatic carbocycles. The molecule has 36 heavy (non-hydrogen) atoms. The fourth-order valence-corrected chi connectivity index (χ4v) is 5.71. The summed E-state index contributed by atoms with van der Waals surface area (Å²) in [4.78, 5) is 29.1. The van der Waals surface area contributed by atoms with Crippen LogP contribution in [0.15, 0.2) is 48.5 Å². The molecule has 3 N–H and O–H groups in total. The van der Waals surface area contributed by atoms with Crippen molar-refractivity contribution in [1.29, 1.82) is 0 Å². The van der Waals surface area contributed by atoms with E-state index >= 15 is 0 Å². The number of rotatable bonds is 6. The summed E-state index contributed by atoms with van der Waals surface area (Å²) in [5, 5.41) is 16.5. The molecule has 1 aliphatic carbocycles. The monoisotopic (exact) mass is 534 g/mol. The molecule has 7 nitrogen and oxygen atoms in total. The first-order valence-corrected chi connectivity index (χ1v) is 12.5. The molecule has 0 bridgehead atoms. The maximum absolute atomic E-state index is 13.3. The molecular formula is C27H36Cl2N4O3. The number of nitrogens with zero attached hydrogens (tertiary/aromatic N) is 2. The molecule has 2 aromatic rings. The van der Waals surface area contributed by atoms with E-state index in [9.17, 15) is 14.7 Å². The van der Waals surface area contributed by atoms with Gasteiger partial charge in [0.15, 0.2) is 0 Å². The molecular weight excluding hydrogens is 499 g/mol. The van der Waals surface area contributed by atoms with Crippen molar-refractivity contribution in [2.75, 3.05) is 31.1 Å². The number of hydrogen-bond acceptors (Lipinski definition) is 4. The first-order chi connectivity index (χ1) is 16.6. The number of halogens is 2. The molecule has 0 radical (unpaired) electrons. The van der Waals surface area contributed by atoms with Crippen molar-refractivity contribution in [2.45, 2.75) is 56.7 Å². The van der Waals surface area contributed by atoms with Gasteiger partial charge in [-0.05, 0) is 80.4 Å². The number of fused-ring (bicyclic) bond motifs is 1. The van der Waals surface area contributed by atoms with Gasteiger partial charge in [-0.25, -0.2) is 4.79 Å². The van der Waals surface area contributed by atoms with Gasteiger partial charge in [0, 0.05) is 30.9 Å². The van der Waals surface area contributed by atoms with Crippen LogP contribution in [-0.2, 0) is 17.6 Å². The van der Waals surface area contributed by atoms with Crippen molar-refractivity contribution in [3.63, 3.8) is 0 Å². The van der Waals surface area contributed by atoms with Gasteiger partial charge in [0.2, 0.25) is 0 Å². The van der Waals surface area contributed by atoms with Gasteiger partial charge in [-0.2, -0.15) is 0 Å². The van der Waals surface area contributed by atoms with E-state index in [1.54, 1.807) is 0 Å². The third kappa shape index (κ3) is 6.14. The Morgan fingerprint density at radius 1 is 0.944 bits per heavy atom. The van der Waals surface area contributed by atoms with Crippen LogP contribution in [0.4, 0.5) is 10.5 Å². The standard InChI is InChI=1S/C27H34N4O3.2ClH/c32-26(33)25(20-4-2-1-3-5-20)29-22-7-10-23(11-8-22)30-16-17-31(27(30)34)24-9-6-19-12-14-28-15-13-21(19)18-24;;/h1-6,9,18,22-23,25,28-29H,7-8,10-17H2,(H,32,33);2*1H. The van der Waals surface area contributed by atoms with Crippen LogP contribution in [0.1, 0.15) is 48.4 Å². The van der Waals surface area contributed by atoms with Crippen LogP contribution >= 0.6 is 24.8 Å². The summed E-state index contributed by atoms with van der Waals surface area (Å²) in [5.41, 5.74) is 4.53. The molecule has 1 unspecified atom stereocenters. The lowest BCUT2D eigenvalue weighted by molar-refractivity contribution is -0.140. The Balaban J connectivity index is 0.00000180. The Bertz CT molecular complexity index is 1030. The average molecular weight is 536 g/mol. The number of carbonyl (C=O) groups is 2. The smallest absolute Gasteiger partial charge is 0.325 e. The molecule has 2 fully saturated rings. The van der Waals surface area contributed by atoms with Crippen molar-refractivity contribution in [3.05, 3.63) is 65.2 Å². The number of hydrogen-bond donors (Lipinski definition) is 3.